The van der Waals surface area contributed by atoms with Gasteiger partial charge < -0.3 is 4.57 Å². The highest BCUT2D eigenvalue weighted by atomic mass is 15.2. The third-order valence-corrected chi connectivity index (χ3v) is 1.84. The molecule has 0 amide bonds. The second-order valence-electron chi connectivity index (χ2n) is 3.02. The van der Waals surface area contributed by atoms with E-state index in [0.717, 1.165) is 17.0 Å². The monoisotopic (exact) mass is 204 g/mol. The number of aromatic nitrogens is 4. The predicted octanol–water partition coefficient (Wildman–Crippen LogP) is 2.21. The maximum atomic E-state index is 4.10. The van der Waals surface area contributed by atoms with Crippen LogP contribution < -0.4 is 0 Å². The molecule has 2 aromatic heterocycles. The molecule has 0 aliphatic rings. The zero-order valence-electron chi connectivity index (χ0n) is 9.60. The van der Waals surface area contributed by atoms with Gasteiger partial charge in [0.05, 0.1) is 0 Å². The van der Waals surface area contributed by atoms with Crippen LogP contribution in [0.5, 0.6) is 0 Å². The summed E-state index contributed by atoms with van der Waals surface area (Å²) in [5.41, 5.74) is 2.13. The van der Waals surface area contributed by atoms with Crippen molar-refractivity contribution in [3.8, 4) is 11.4 Å². The van der Waals surface area contributed by atoms with Crippen LogP contribution in [0.25, 0.3) is 11.4 Å². The Balaban J connectivity index is 0.000000531. The lowest BCUT2D eigenvalue weighted by atomic mass is 10.2. The summed E-state index contributed by atoms with van der Waals surface area (Å²) in [5.74, 6) is 0.844. The Hall–Kier alpha value is -1.71. The Morgan fingerprint density at radius 3 is 2.47 bits per heavy atom. The second kappa shape index (κ2) is 5.24. The Labute approximate surface area is 90.0 Å². The minimum atomic E-state index is 0.844. The van der Waals surface area contributed by atoms with Crippen LogP contribution in [0.15, 0.2) is 24.8 Å². The van der Waals surface area contributed by atoms with Crippen molar-refractivity contribution in [3.63, 3.8) is 0 Å². The second-order valence-corrected chi connectivity index (χ2v) is 3.02. The highest BCUT2D eigenvalue weighted by molar-refractivity contribution is 5.54. The average Bonchev–Trinajstić information content (AvgIpc) is 2.67. The fourth-order valence-corrected chi connectivity index (χ4v) is 1.22. The van der Waals surface area contributed by atoms with Gasteiger partial charge in [0, 0.05) is 25.0 Å². The van der Waals surface area contributed by atoms with E-state index >= 15 is 0 Å². The van der Waals surface area contributed by atoms with Gasteiger partial charge in [0.15, 0.2) is 5.82 Å². The minimum Gasteiger partial charge on any atom is -0.317 e. The van der Waals surface area contributed by atoms with Gasteiger partial charge in [0.25, 0.3) is 0 Å². The Kier molecular flexibility index (Phi) is 3.97. The fraction of sp³-hybridized carbons (Fsp3) is 0.364. The van der Waals surface area contributed by atoms with Crippen molar-refractivity contribution in [2.24, 2.45) is 7.05 Å². The molecule has 0 N–H and O–H groups in total. The average molecular weight is 204 g/mol. The van der Waals surface area contributed by atoms with Crippen LogP contribution in [0.4, 0.5) is 0 Å². The van der Waals surface area contributed by atoms with Crippen LogP contribution in [-0.2, 0) is 7.05 Å². The molecular weight excluding hydrogens is 188 g/mol. The van der Waals surface area contributed by atoms with Crippen LogP contribution in [0.1, 0.15) is 19.4 Å². The summed E-state index contributed by atoms with van der Waals surface area (Å²) in [4.78, 5) is 4.10. The van der Waals surface area contributed by atoms with Crippen molar-refractivity contribution in [3.05, 3.63) is 30.4 Å². The molecule has 0 saturated carbocycles. The molecule has 0 aliphatic heterocycles. The molecule has 4 heteroatoms. The van der Waals surface area contributed by atoms with Gasteiger partial charge in [-0.3, -0.25) is 4.98 Å². The molecule has 0 radical (unpaired) electrons. The van der Waals surface area contributed by atoms with Crippen LogP contribution >= 0.6 is 0 Å². The number of pyridine rings is 1. The fourth-order valence-electron chi connectivity index (χ4n) is 1.22. The van der Waals surface area contributed by atoms with E-state index in [9.17, 15) is 0 Å². The van der Waals surface area contributed by atoms with Crippen molar-refractivity contribution in [1.29, 1.82) is 0 Å². The molecular formula is C11H16N4. The molecule has 2 aromatic rings. The standard InChI is InChI=1S/C9H10N4.C2H6/c1-7-3-8(5-10-4-7)9-12-11-6-13(9)2;1-2/h3-6H,1-2H3;1-2H3. The largest absolute Gasteiger partial charge is 0.317 e. The van der Waals surface area contributed by atoms with Crippen molar-refractivity contribution < 1.29 is 0 Å². The third-order valence-electron chi connectivity index (χ3n) is 1.84. The van der Waals surface area contributed by atoms with Gasteiger partial charge in [0.2, 0.25) is 0 Å². The first kappa shape index (κ1) is 11.4. The molecule has 0 aromatic carbocycles. The minimum absolute atomic E-state index is 0.844. The van der Waals surface area contributed by atoms with Crippen LogP contribution in [0.3, 0.4) is 0 Å². The highest BCUT2D eigenvalue weighted by Gasteiger charge is 2.03. The summed E-state index contributed by atoms with van der Waals surface area (Å²) in [6.45, 7) is 6.01. The van der Waals surface area contributed by atoms with Gasteiger partial charge in [0.1, 0.15) is 6.33 Å². The maximum absolute atomic E-state index is 4.10. The Bertz CT molecular complexity index is 420. The lowest BCUT2D eigenvalue weighted by Gasteiger charge is -1.99. The van der Waals surface area contributed by atoms with E-state index in [1.165, 1.54) is 0 Å². The van der Waals surface area contributed by atoms with Crippen LogP contribution in [0.2, 0.25) is 0 Å². The topological polar surface area (TPSA) is 43.6 Å². The predicted molar refractivity (Wildman–Crippen MR) is 60.3 cm³/mol. The third kappa shape index (κ3) is 2.62. The van der Waals surface area contributed by atoms with Crippen molar-refractivity contribution in [1.82, 2.24) is 19.7 Å². The lowest BCUT2D eigenvalue weighted by molar-refractivity contribution is 0.918. The van der Waals surface area contributed by atoms with Gasteiger partial charge in [-0.1, -0.05) is 13.8 Å². The Morgan fingerprint density at radius 2 is 1.93 bits per heavy atom. The molecule has 0 unspecified atom stereocenters. The van der Waals surface area contributed by atoms with E-state index in [4.69, 9.17) is 0 Å². The maximum Gasteiger partial charge on any atom is 0.165 e. The summed E-state index contributed by atoms with van der Waals surface area (Å²) < 4.78 is 1.87. The Morgan fingerprint density at radius 1 is 1.20 bits per heavy atom. The number of hydrogen-bond donors (Lipinski definition) is 0. The highest BCUT2D eigenvalue weighted by Crippen LogP contribution is 2.14. The molecule has 0 bridgehead atoms. The number of aryl methyl sites for hydroxylation is 2. The number of nitrogens with zero attached hydrogens (tertiary/aromatic N) is 4. The summed E-state index contributed by atoms with van der Waals surface area (Å²) in [6.07, 6.45) is 5.29. The summed E-state index contributed by atoms with van der Waals surface area (Å²) in [6, 6.07) is 2.04. The molecule has 0 fully saturated rings. The van der Waals surface area contributed by atoms with Gasteiger partial charge in [-0.2, -0.15) is 0 Å². The normalized spacial score (nSPS) is 9.33. The van der Waals surface area contributed by atoms with Gasteiger partial charge in [-0.05, 0) is 18.6 Å². The van der Waals surface area contributed by atoms with Crippen LogP contribution in [0, 0.1) is 6.92 Å². The smallest absolute Gasteiger partial charge is 0.165 e. The quantitative estimate of drug-likeness (QED) is 0.715. The molecule has 0 atom stereocenters. The molecule has 0 aliphatic carbocycles. The van der Waals surface area contributed by atoms with Crippen molar-refractivity contribution in [2.75, 3.05) is 0 Å². The first-order chi connectivity index (χ1) is 7.27. The molecule has 80 valence electrons. The van der Waals surface area contributed by atoms with E-state index in [2.05, 4.69) is 15.2 Å². The number of hydrogen-bond acceptors (Lipinski definition) is 3. The zero-order valence-corrected chi connectivity index (χ0v) is 9.60. The van der Waals surface area contributed by atoms with Crippen molar-refractivity contribution in [2.45, 2.75) is 20.8 Å². The zero-order chi connectivity index (χ0) is 11.3. The van der Waals surface area contributed by atoms with Gasteiger partial charge in [-0.15, -0.1) is 10.2 Å². The van der Waals surface area contributed by atoms with E-state index in [-0.39, 0.29) is 0 Å². The van der Waals surface area contributed by atoms with Crippen molar-refractivity contribution >= 4 is 0 Å². The number of rotatable bonds is 1. The van der Waals surface area contributed by atoms with Crippen LogP contribution in [-0.4, -0.2) is 19.7 Å². The molecule has 4 nitrogen and oxygen atoms in total. The molecule has 2 rings (SSSR count). The van der Waals surface area contributed by atoms with Gasteiger partial charge >= 0.3 is 0 Å². The SMILES string of the molecule is CC.Cc1cncc(-c2nncn2C)c1. The molecule has 15 heavy (non-hydrogen) atoms. The van der Waals surface area contributed by atoms with E-state index in [1.54, 1.807) is 12.5 Å². The first-order valence-electron chi connectivity index (χ1n) is 5.03. The van der Waals surface area contributed by atoms with E-state index in [1.807, 2.05) is 44.6 Å². The summed E-state index contributed by atoms with van der Waals surface area (Å²) in [7, 11) is 1.91. The first-order valence-corrected chi connectivity index (χ1v) is 5.03. The molecule has 0 spiro atoms. The molecule has 2 heterocycles. The summed E-state index contributed by atoms with van der Waals surface area (Å²) >= 11 is 0. The van der Waals surface area contributed by atoms with E-state index < -0.39 is 0 Å². The van der Waals surface area contributed by atoms with E-state index in [0.29, 0.717) is 0 Å². The molecule has 0 saturated heterocycles. The van der Waals surface area contributed by atoms with Gasteiger partial charge in [-0.25, -0.2) is 0 Å². The lowest BCUT2D eigenvalue weighted by Crippen LogP contribution is -1.92. The summed E-state index contributed by atoms with van der Waals surface area (Å²) in [5, 5.41) is 7.81.